The van der Waals surface area contributed by atoms with E-state index in [1.165, 1.54) is 16.8 Å². The van der Waals surface area contributed by atoms with Crippen molar-refractivity contribution in [2.45, 2.75) is 13.8 Å². The van der Waals surface area contributed by atoms with Gasteiger partial charge in [-0.3, -0.25) is 9.59 Å². The minimum atomic E-state index is -0.280. The molecule has 6 nitrogen and oxygen atoms in total. The zero-order valence-corrected chi connectivity index (χ0v) is 13.7. The second-order valence-electron chi connectivity index (χ2n) is 6.33. The number of hydrogen-bond donors (Lipinski definition) is 1. The van der Waals surface area contributed by atoms with Crippen molar-refractivity contribution >= 4 is 5.91 Å². The summed E-state index contributed by atoms with van der Waals surface area (Å²) in [6, 6.07) is 11.8. The third-order valence-electron chi connectivity index (χ3n) is 3.58. The molecule has 122 valence electrons. The monoisotopic (exact) mass is 314 g/mol. The second-order valence-corrected chi connectivity index (χ2v) is 6.33. The molecule has 0 unspecified atom stereocenters. The number of benzene rings is 1. The summed E-state index contributed by atoms with van der Waals surface area (Å²) < 4.78 is 1.23. The van der Waals surface area contributed by atoms with E-state index in [2.05, 4.69) is 5.10 Å². The number of carbonyl (C=O) groups is 1. The SMILES string of the molecule is CN(CC(C)(C)CN)C(=O)c1ccc(=O)n(-c2ccccc2)n1. The molecule has 0 aliphatic carbocycles. The molecule has 1 aromatic heterocycles. The van der Waals surface area contributed by atoms with Crippen molar-refractivity contribution in [2.24, 2.45) is 11.1 Å². The highest BCUT2D eigenvalue weighted by atomic mass is 16.2. The number of para-hydroxylation sites is 1. The molecule has 0 atom stereocenters. The van der Waals surface area contributed by atoms with E-state index >= 15 is 0 Å². The van der Waals surface area contributed by atoms with Crippen LogP contribution in [-0.2, 0) is 0 Å². The van der Waals surface area contributed by atoms with E-state index in [1.54, 1.807) is 24.1 Å². The first-order valence-corrected chi connectivity index (χ1v) is 7.45. The standard InChI is InChI=1S/C17H22N4O2/c1-17(2,11-18)12-20(3)16(23)14-9-10-15(22)21(19-14)13-7-5-4-6-8-13/h4-10H,11-12,18H2,1-3H3. The van der Waals surface area contributed by atoms with Crippen LogP contribution >= 0.6 is 0 Å². The predicted molar refractivity (Wildman–Crippen MR) is 89.6 cm³/mol. The van der Waals surface area contributed by atoms with Gasteiger partial charge in [0.05, 0.1) is 5.69 Å². The molecule has 1 amide bonds. The van der Waals surface area contributed by atoms with Crippen LogP contribution in [0.3, 0.4) is 0 Å². The normalized spacial score (nSPS) is 11.3. The Kier molecular flexibility index (Phi) is 4.95. The van der Waals surface area contributed by atoms with Crippen molar-refractivity contribution in [3.8, 4) is 5.69 Å². The van der Waals surface area contributed by atoms with E-state index in [4.69, 9.17) is 5.73 Å². The highest BCUT2D eigenvalue weighted by Crippen LogP contribution is 2.15. The van der Waals surface area contributed by atoms with Crippen LogP contribution in [0.5, 0.6) is 0 Å². The molecule has 0 fully saturated rings. The third kappa shape index (κ3) is 4.04. The van der Waals surface area contributed by atoms with Crippen LogP contribution in [0.25, 0.3) is 5.69 Å². The molecule has 1 aromatic carbocycles. The second kappa shape index (κ2) is 6.75. The first kappa shape index (κ1) is 16.9. The van der Waals surface area contributed by atoms with Gasteiger partial charge in [0.15, 0.2) is 0 Å². The van der Waals surface area contributed by atoms with Crippen molar-refractivity contribution in [1.82, 2.24) is 14.7 Å². The number of carbonyl (C=O) groups excluding carboxylic acids is 1. The van der Waals surface area contributed by atoms with E-state index in [1.807, 2.05) is 32.0 Å². The van der Waals surface area contributed by atoms with Gasteiger partial charge in [0.1, 0.15) is 5.69 Å². The van der Waals surface area contributed by atoms with Crippen molar-refractivity contribution in [3.05, 3.63) is 58.5 Å². The topological polar surface area (TPSA) is 81.2 Å². The van der Waals surface area contributed by atoms with Crippen molar-refractivity contribution in [2.75, 3.05) is 20.1 Å². The van der Waals surface area contributed by atoms with Gasteiger partial charge in [0.25, 0.3) is 11.5 Å². The summed E-state index contributed by atoms with van der Waals surface area (Å²) in [6.07, 6.45) is 0. The van der Waals surface area contributed by atoms with Crippen molar-refractivity contribution in [1.29, 1.82) is 0 Å². The zero-order valence-electron chi connectivity index (χ0n) is 13.7. The van der Waals surface area contributed by atoms with E-state index in [0.717, 1.165) is 0 Å². The predicted octanol–water partition coefficient (Wildman–Crippen LogP) is 1.29. The summed E-state index contributed by atoms with van der Waals surface area (Å²) in [5.74, 6) is -0.240. The van der Waals surface area contributed by atoms with Crippen LogP contribution in [0, 0.1) is 5.41 Å². The van der Waals surface area contributed by atoms with Crippen LogP contribution < -0.4 is 11.3 Å². The molecular weight excluding hydrogens is 292 g/mol. The van der Waals surface area contributed by atoms with Gasteiger partial charge in [0.2, 0.25) is 0 Å². The molecule has 0 radical (unpaired) electrons. The Morgan fingerprint density at radius 1 is 1.22 bits per heavy atom. The summed E-state index contributed by atoms with van der Waals surface area (Å²) in [7, 11) is 1.71. The molecule has 2 aromatic rings. The van der Waals surface area contributed by atoms with E-state index in [-0.39, 0.29) is 22.6 Å². The molecule has 2 rings (SSSR count). The van der Waals surface area contributed by atoms with Gasteiger partial charge >= 0.3 is 0 Å². The maximum Gasteiger partial charge on any atom is 0.274 e. The molecule has 2 N–H and O–H groups in total. The lowest BCUT2D eigenvalue weighted by atomic mass is 9.93. The Hall–Kier alpha value is -2.47. The van der Waals surface area contributed by atoms with Gasteiger partial charge in [-0.05, 0) is 30.2 Å². The molecule has 0 aliphatic heterocycles. The molecule has 0 aliphatic rings. The molecule has 23 heavy (non-hydrogen) atoms. The van der Waals surface area contributed by atoms with E-state index in [0.29, 0.717) is 18.8 Å². The molecule has 0 saturated carbocycles. The average Bonchev–Trinajstić information content (AvgIpc) is 2.55. The Morgan fingerprint density at radius 2 is 1.87 bits per heavy atom. The smallest absolute Gasteiger partial charge is 0.274 e. The van der Waals surface area contributed by atoms with Crippen LogP contribution in [0.1, 0.15) is 24.3 Å². The Morgan fingerprint density at radius 3 is 2.48 bits per heavy atom. The lowest BCUT2D eigenvalue weighted by Gasteiger charge is -2.28. The van der Waals surface area contributed by atoms with E-state index < -0.39 is 0 Å². The quantitative estimate of drug-likeness (QED) is 0.901. The number of hydrogen-bond acceptors (Lipinski definition) is 4. The summed E-state index contributed by atoms with van der Waals surface area (Å²) in [4.78, 5) is 26.1. The Labute approximate surface area is 135 Å². The third-order valence-corrected chi connectivity index (χ3v) is 3.58. The van der Waals surface area contributed by atoms with Gasteiger partial charge in [-0.2, -0.15) is 9.78 Å². The summed E-state index contributed by atoms with van der Waals surface area (Å²) in [5, 5.41) is 4.20. The number of amides is 1. The largest absolute Gasteiger partial charge is 0.340 e. The Bertz CT molecular complexity index is 738. The lowest BCUT2D eigenvalue weighted by Crippen LogP contribution is -2.40. The van der Waals surface area contributed by atoms with Gasteiger partial charge in [-0.1, -0.05) is 32.0 Å². The van der Waals surface area contributed by atoms with Crippen LogP contribution in [0.2, 0.25) is 0 Å². The summed E-state index contributed by atoms with van der Waals surface area (Å²) >= 11 is 0. The van der Waals surface area contributed by atoms with Crippen molar-refractivity contribution in [3.63, 3.8) is 0 Å². The average molecular weight is 314 g/mol. The number of nitrogens with zero attached hydrogens (tertiary/aromatic N) is 3. The molecule has 6 heteroatoms. The van der Waals surface area contributed by atoms with E-state index in [9.17, 15) is 9.59 Å². The summed E-state index contributed by atoms with van der Waals surface area (Å²) in [6.45, 7) is 4.97. The first-order valence-electron chi connectivity index (χ1n) is 7.45. The molecular formula is C17H22N4O2. The lowest BCUT2D eigenvalue weighted by molar-refractivity contribution is 0.0732. The highest BCUT2D eigenvalue weighted by Gasteiger charge is 2.23. The van der Waals surface area contributed by atoms with Gasteiger partial charge < -0.3 is 10.6 Å². The van der Waals surface area contributed by atoms with Gasteiger partial charge in [-0.25, -0.2) is 0 Å². The fraction of sp³-hybridized carbons (Fsp3) is 0.353. The van der Waals surface area contributed by atoms with Crippen LogP contribution in [0.4, 0.5) is 0 Å². The maximum atomic E-state index is 12.5. The minimum Gasteiger partial charge on any atom is -0.340 e. The fourth-order valence-electron chi connectivity index (χ4n) is 2.25. The fourth-order valence-corrected chi connectivity index (χ4v) is 2.25. The highest BCUT2D eigenvalue weighted by molar-refractivity contribution is 5.91. The summed E-state index contributed by atoms with van der Waals surface area (Å²) in [5.41, 5.74) is 6.10. The first-order chi connectivity index (χ1) is 10.8. The van der Waals surface area contributed by atoms with Gasteiger partial charge in [0, 0.05) is 19.7 Å². The van der Waals surface area contributed by atoms with Gasteiger partial charge in [-0.15, -0.1) is 0 Å². The number of nitrogens with two attached hydrogens (primary N) is 1. The minimum absolute atomic E-state index is 0.182. The molecule has 0 saturated heterocycles. The van der Waals surface area contributed by atoms with Crippen LogP contribution in [-0.4, -0.2) is 40.7 Å². The maximum absolute atomic E-state index is 12.5. The van der Waals surface area contributed by atoms with Crippen LogP contribution in [0.15, 0.2) is 47.3 Å². The number of aromatic nitrogens is 2. The molecule has 1 heterocycles. The number of rotatable bonds is 5. The van der Waals surface area contributed by atoms with Crippen molar-refractivity contribution < 1.29 is 4.79 Å². The zero-order chi connectivity index (χ0) is 17.0. The molecule has 0 bridgehead atoms. The Balaban J connectivity index is 2.31. The molecule has 0 spiro atoms.